The van der Waals surface area contributed by atoms with Gasteiger partial charge < -0.3 is 0 Å². The summed E-state index contributed by atoms with van der Waals surface area (Å²) in [5.41, 5.74) is 1.15. The van der Waals surface area contributed by atoms with Crippen molar-refractivity contribution in [2.24, 2.45) is 0 Å². The molecule has 0 aromatic rings. The Bertz CT molecular complexity index is 110. The van der Waals surface area contributed by atoms with Gasteiger partial charge in [-0.25, -0.2) is 0 Å². The summed E-state index contributed by atoms with van der Waals surface area (Å²) < 4.78 is 0. The molecule has 1 rings (SSSR count). The Kier molecular flexibility index (Phi) is 3.37. The molecule has 0 saturated heterocycles. The summed E-state index contributed by atoms with van der Waals surface area (Å²) in [6.07, 6.45) is 9.08. The van der Waals surface area contributed by atoms with E-state index in [1.54, 1.807) is 12.8 Å². The second-order valence-electron chi connectivity index (χ2n) is 4.05. The van der Waals surface area contributed by atoms with Gasteiger partial charge in [0.2, 0.25) is 0 Å². The van der Waals surface area contributed by atoms with Gasteiger partial charge in [0.05, 0.1) is 18.0 Å². The first-order chi connectivity index (χ1) is 5.23. The van der Waals surface area contributed by atoms with Crippen molar-refractivity contribution < 1.29 is 0 Å². The van der Waals surface area contributed by atoms with Crippen LogP contribution in [0.4, 0.5) is 0 Å². The first kappa shape index (κ1) is 9.52. The van der Waals surface area contributed by atoms with Gasteiger partial charge >= 0.3 is 0 Å². The van der Waals surface area contributed by atoms with Crippen LogP contribution in [0.3, 0.4) is 0 Å². The normalized spacial score (nSPS) is 21.0. The topological polar surface area (TPSA) is 0 Å². The van der Waals surface area contributed by atoms with E-state index in [4.69, 9.17) is 0 Å². The predicted octanol–water partition coefficient (Wildman–Crippen LogP) is 3.62. The second kappa shape index (κ2) is 3.90. The largest absolute Gasteiger partial charge is 0.0694 e. The van der Waals surface area contributed by atoms with Crippen molar-refractivity contribution in [2.75, 3.05) is 19.0 Å². The van der Waals surface area contributed by atoms with Gasteiger partial charge in [-0.3, -0.25) is 0 Å². The molecule has 11 heavy (non-hydrogen) atoms. The highest BCUT2D eigenvalue weighted by Crippen LogP contribution is 2.63. The lowest BCUT2D eigenvalue weighted by molar-refractivity contribution is 0.875. The van der Waals surface area contributed by atoms with Crippen molar-refractivity contribution in [1.82, 2.24) is 0 Å². The standard InChI is InChI=1S/C10H22P/c1-4-11(3,5-2)10-8-6-7-9-10/h10H,4-9H2,1-3H3/q+1. The lowest BCUT2D eigenvalue weighted by Gasteiger charge is -2.26. The van der Waals surface area contributed by atoms with Crippen LogP contribution < -0.4 is 0 Å². The molecular formula is C10H22P+. The maximum absolute atomic E-state index is 2.59. The molecule has 0 bridgehead atoms. The van der Waals surface area contributed by atoms with E-state index < -0.39 is 7.26 Å². The monoisotopic (exact) mass is 173 g/mol. The average Bonchev–Trinajstić information content (AvgIpc) is 2.55. The van der Waals surface area contributed by atoms with Gasteiger partial charge in [-0.15, -0.1) is 0 Å². The van der Waals surface area contributed by atoms with E-state index in [0.29, 0.717) is 0 Å². The summed E-state index contributed by atoms with van der Waals surface area (Å²) in [6, 6.07) is 0. The molecule has 0 heterocycles. The van der Waals surface area contributed by atoms with Gasteiger partial charge in [0, 0.05) is 13.9 Å². The quantitative estimate of drug-likeness (QED) is 0.572. The van der Waals surface area contributed by atoms with Crippen LogP contribution in [-0.4, -0.2) is 24.6 Å². The van der Waals surface area contributed by atoms with E-state index >= 15 is 0 Å². The molecule has 0 N–H and O–H groups in total. The minimum Gasteiger partial charge on any atom is -0.0494 e. The fourth-order valence-electron chi connectivity index (χ4n) is 2.27. The molecule has 1 aliphatic carbocycles. The minimum absolute atomic E-state index is 0.479. The van der Waals surface area contributed by atoms with E-state index in [-0.39, 0.29) is 0 Å². The summed E-state index contributed by atoms with van der Waals surface area (Å²) in [5, 5.41) is 0. The van der Waals surface area contributed by atoms with Crippen molar-refractivity contribution in [3.05, 3.63) is 0 Å². The minimum atomic E-state index is -0.479. The van der Waals surface area contributed by atoms with E-state index in [2.05, 4.69) is 20.5 Å². The molecule has 0 atom stereocenters. The molecular weight excluding hydrogens is 151 g/mol. The van der Waals surface area contributed by atoms with Crippen LogP contribution >= 0.6 is 7.26 Å². The highest BCUT2D eigenvalue weighted by molar-refractivity contribution is 7.75. The first-order valence-corrected chi connectivity index (χ1v) is 7.74. The molecule has 0 radical (unpaired) electrons. The summed E-state index contributed by atoms with van der Waals surface area (Å²) in [7, 11) is -0.479. The van der Waals surface area contributed by atoms with Crippen LogP contribution in [0.25, 0.3) is 0 Å². The number of hydrogen-bond acceptors (Lipinski definition) is 0. The fourth-order valence-corrected chi connectivity index (χ4v) is 5.36. The van der Waals surface area contributed by atoms with Crippen molar-refractivity contribution in [3.63, 3.8) is 0 Å². The van der Waals surface area contributed by atoms with Crippen molar-refractivity contribution in [2.45, 2.75) is 45.2 Å². The zero-order chi connectivity index (χ0) is 8.32. The lowest BCUT2D eigenvalue weighted by atomic mass is 10.4. The Morgan fingerprint density at radius 3 is 1.91 bits per heavy atom. The summed E-state index contributed by atoms with van der Waals surface area (Å²) in [5.74, 6) is 0. The Balaban J connectivity index is 2.52. The van der Waals surface area contributed by atoms with Crippen LogP contribution in [-0.2, 0) is 0 Å². The molecule has 0 nitrogen and oxygen atoms in total. The molecule has 66 valence electrons. The number of hydrogen-bond donors (Lipinski definition) is 0. The van der Waals surface area contributed by atoms with Crippen LogP contribution in [0, 0.1) is 0 Å². The number of rotatable bonds is 3. The third-order valence-corrected chi connectivity index (χ3v) is 8.82. The van der Waals surface area contributed by atoms with E-state index in [1.165, 1.54) is 25.2 Å². The Morgan fingerprint density at radius 1 is 1.09 bits per heavy atom. The summed E-state index contributed by atoms with van der Waals surface area (Å²) in [6.45, 7) is 7.38. The zero-order valence-electron chi connectivity index (χ0n) is 8.27. The summed E-state index contributed by atoms with van der Waals surface area (Å²) in [4.78, 5) is 0. The van der Waals surface area contributed by atoms with Gasteiger partial charge in [0.25, 0.3) is 0 Å². The molecule has 0 aromatic carbocycles. The van der Waals surface area contributed by atoms with Crippen LogP contribution in [0.2, 0.25) is 0 Å². The third kappa shape index (κ3) is 1.96. The van der Waals surface area contributed by atoms with Crippen molar-refractivity contribution in [3.8, 4) is 0 Å². The molecule has 1 aliphatic rings. The van der Waals surface area contributed by atoms with Crippen LogP contribution in [0.15, 0.2) is 0 Å². The van der Waals surface area contributed by atoms with Crippen molar-refractivity contribution >= 4 is 7.26 Å². The molecule has 0 spiro atoms. The zero-order valence-corrected chi connectivity index (χ0v) is 9.16. The van der Waals surface area contributed by atoms with Gasteiger partial charge in [0.1, 0.15) is 0 Å². The molecule has 1 fully saturated rings. The van der Waals surface area contributed by atoms with Crippen molar-refractivity contribution in [1.29, 1.82) is 0 Å². The Morgan fingerprint density at radius 2 is 1.55 bits per heavy atom. The molecule has 0 aromatic heterocycles. The van der Waals surface area contributed by atoms with Gasteiger partial charge in [-0.2, -0.15) is 0 Å². The van der Waals surface area contributed by atoms with Crippen LogP contribution in [0.5, 0.6) is 0 Å². The average molecular weight is 173 g/mol. The van der Waals surface area contributed by atoms with Gasteiger partial charge in [0.15, 0.2) is 0 Å². The van der Waals surface area contributed by atoms with Gasteiger partial charge in [-0.1, -0.05) is 0 Å². The first-order valence-electron chi connectivity index (χ1n) is 5.07. The highest BCUT2D eigenvalue weighted by atomic mass is 31.2. The Hall–Kier alpha value is 0.430. The highest BCUT2D eigenvalue weighted by Gasteiger charge is 2.38. The molecule has 0 amide bonds. The maximum Gasteiger partial charge on any atom is 0.0694 e. The lowest BCUT2D eigenvalue weighted by Crippen LogP contribution is -2.12. The van der Waals surface area contributed by atoms with E-state index in [1.807, 2.05) is 0 Å². The van der Waals surface area contributed by atoms with E-state index in [0.717, 1.165) is 5.66 Å². The fraction of sp³-hybridized carbons (Fsp3) is 1.00. The SMILES string of the molecule is CC[P+](C)(CC)C1CCCC1. The second-order valence-corrected chi connectivity index (χ2v) is 9.00. The maximum atomic E-state index is 2.59. The summed E-state index contributed by atoms with van der Waals surface area (Å²) >= 11 is 0. The molecule has 0 unspecified atom stereocenters. The predicted molar refractivity (Wildman–Crippen MR) is 56.2 cm³/mol. The molecule has 1 heteroatoms. The van der Waals surface area contributed by atoms with Crippen LogP contribution in [0.1, 0.15) is 39.5 Å². The molecule has 0 aliphatic heterocycles. The Labute approximate surface area is 72.1 Å². The smallest absolute Gasteiger partial charge is 0.0494 e. The van der Waals surface area contributed by atoms with Gasteiger partial charge in [-0.05, 0) is 39.5 Å². The third-order valence-electron chi connectivity index (χ3n) is 3.65. The van der Waals surface area contributed by atoms with E-state index in [9.17, 15) is 0 Å². The molecule has 1 saturated carbocycles.